The van der Waals surface area contributed by atoms with Crippen molar-refractivity contribution in [1.82, 2.24) is 15.4 Å². The summed E-state index contributed by atoms with van der Waals surface area (Å²) in [7, 11) is 0. The number of hydrogen-bond donors (Lipinski definition) is 1. The van der Waals surface area contributed by atoms with Gasteiger partial charge in [-0.3, -0.25) is 0 Å². The molecular weight excluding hydrogens is 1090 g/mol. The standard InChI is InChI=1S/2C18BF15.C2H2N3/c2*20-4-1(5(21)11(27)16(32)10(4)26)19(2-6(22)12(28)17(33)13(29)7(2)23)3-8(24)14(30)18(34)15(31)9(3)25;1-2-4-5-3-1/h;;1H,(H,3,4,5)/q;;-1. The van der Waals surface area contributed by atoms with E-state index < -0.39 is 221 Å². The molecule has 0 saturated heterocycles. The molecule has 6 aromatic carbocycles. The maximum absolute atomic E-state index is 14.4. The molecule has 7 aromatic rings. The molecule has 0 unspecified atom stereocenters. The van der Waals surface area contributed by atoms with Gasteiger partial charge in [0.1, 0.15) is 0 Å². The topological polar surface area (TPSA) is 41.6 Å². The van der Waals surface area contributed by atoms with Gasteiger partial charge in [-0.1, -0.05) is 0 Å². The minimum atomic E-state index is -3.96. The number of nitrogens with zero attached hydrogens (tertiary/aromatic N) is 2. The first-order chi connectivity index (χ1) is 33.8. The van der Waals surface area contributed by atoms with Crippen molar-refractivity contribution in [2.24, 2.45) is 0 Å². The van der Waals surface area contributed by atoms with Crippen molar-refractivity contribution in [2.45, 2.75) is 0 Å². The number of halogens is 30. The third-order valence-electron chi connectivity index (χ3n) is 9.49. The third-order valence-corrected chi connectivity index (χ3v) is 9.49. The highest BCUT2D eigenvalue weighted by Crippen LogP contribution is 2.26. The molecule has 0 bridgehead atoms. The van der Waals surface area contributed by atoms with Crippen LogP contribution in [-0.2, 0) is 0 Å². The van der Waals surface area contributed by atoms with Gasteiger partial charge in [-0.2, -0.15) is 0 Å². The summed E-state index contributed by atoms with van der Waals surface area (Å²) in [5, 5.41) is 9.03. The molecule has 0 amide bonds. The first kappa shape index (κ1) is 56.4. The second kappa shape index (κ2) is 20.9. The lowest BCUT2D eigenvalue weighted by Crippen LogP contribution is -2.60. The fourth-order valence-electron chi connectivity index (χ4n) is 6.26. The second-order valence-electron chi connectivity index (χ2n) is 13.4. The van der Waals surface area contributed by atoms with E-state index in [0.29, 0.717) is 0 Å². The molecule has 0 aliphatic carbocycles. The molecule has 1 N–H and O–H groups in total. The number of H-pyrrole nitrogens is 1. The first-order valence-electron chi connectivity index (χ1n) is 17.6. The Morgan fingerprint density at radius 2 is 0.342 bits per heavy atom. The summed E-state index contributed by atoms with van der Waals surface area (Å²) in [5.74, 6) is -90.4. The van der Waals surface area contributed by atoms with Crippen LogP contribution in [0.25, 0.3) is 0 Å². The molecule has 7 rings (SSSR count). The quantitative estimate of drug-likeness (QED) is 0.0601. The van der Waals surface area contributed by atoms with Gasteiger partial charge < -0.3 is 16.4 Å². The molecule has 0 aliphatic heterocycles. The fourth-order valence-corrected chi connectivity index (χ4v) is 6.26. The molecule has 0 aliphatic rings. The SMILES string of the molecule is Fc1c(F)c(F)c(B(c2c(F)c(F)c(F)c(F)c2F)c2c(F)c(F)c(F)c(F)c2F)c(F)c1F.Fc1c(F)c(F)c(B(c2c(F)c(F)c(F)c(F)c2F)c2c(F)c(F)c(F)c(F)c2F)c(F)c1F.[c-]1c[nH]nn1. The van der Waals surface area contributed by atoms with Gasteiger partial charge >= 0.3 is 0 Å². The lowest BCUT2D eigenvalue weighted by Gasteiger charge is -2.21. The Labute approximate surface area is 380 Å². The first-order valence-corrected chi connectivity index (χ1v) is 17.6. The Bertz CT molecular complexity index is 2660. The zero-order valence-electron chi connectivity index (χ0n) is 33.0. The van der Waals surface area contributed by atoms with Gasteiger partial charge in [-0.15, -0.1) is 11.4 Å². The molecule has 0 atom stereocenters. The van der Waals surface area contributed by atoms with Gasteiger partial charge in [-0.05, 0) is 0 Å². The van der Waals surface area contributed by atoms with Crippen LogP contribution in [0.15, 0.2) is 6.20 Å². The van der Waals surface area contributed by atoms with Crippen LogP contribution in [0.5, 0.6) is 0 Å². The van der Waals surface area contributed by atoms with Crippen LogP contribution < -0.4 is 32.8 Å². The van der Waals surface area contributed by atoms with E-state index in [2.05, 4.69) is 21.6 Å². The van der Waals surface area contributed by atoms with E-state index in [1.54, 1.807) is 0 Å². The number of rotatable bonds is 6. The van der Waals surface area contributed by atoms with Crippen molar-refractivity contribution in [2.75, 3.05) is 0 Å². The van der Waals surface area contributed by atoms with Crippen LogP contribution in [0.2, 0.25) is 0 Å². The predicted octanol–water partition coefficient (Wildman–Crippen LogP) is 8.18. The van der Waals surface area contributed by atoms with Crippen LogP contribution in [0.3, 0.4) is 0 Å². The highest BCUT2D eigenvalue weighted by atomic mass is 19.2. The summed E-state index contributed by atoms with van der Waals surface area (Å²) in [6.07, 6.45) is 3.97. The van der Waals surface area contributed by atoms with Crippen LogP contribution in [0.1, 0.15) is 0 Å². The summed E-state index contributed by atoms with van der Waals surface area (Å²) < 4.78 is 417. The molecule has 35 heteroatoms. The number of aromatic nitrogens is 3. The van der Waals surface area contributed by atoms with E-state index >= 15 is 0 Å². The number of hydrogen-bond acceptors (Lipinski definition) is 2. The monoisotopic (exact) mass is 1090 g/mol. The van der Waals surface area contributed by atoms with Crippen molar-refractivity contribution in [1.29, 1.82) is 0 Å². The zero-order valence-corrected chi connectivity index (χ0v) is 33.0. The smallest absolute Gasteiger partial charge is 0.265 e. The lowest BCUT2D eigenvalue weighted by atomic mass is 9.36. The molecule has 0 fully saturated rings. The van der Waals surface area contributed by atoms with Gasteiger partial charge in [0, 0.05) is 32.8 Å². The number of nitrogens with one attached hydrogen (secondary N) is 1. The van der Waals surface area contributed by atoms with E-state index in [-0.39, 0.29) is 0 Å². The van der Waals surface area contributed by atoms with Crippen molar-refractivity contribution in [3.05, 3.63) is 187 Å². The summed E-state index contributed by atoms with van der Waals surface area (Å²) in [6.45, 7) is -7.92. The normalized spacial score (nSPS) is 11.2. The van der Waals surface area contributed by atoms with Gasteiger partial charge in [0.2, 0.25) is 0 Å². The number of aromatic amines is 1. The van der Waals surface area contributed by atoms with Crippen LogP contribution in [0, 0.1) is 181 Å². The number of benzene rings is 6. The van der Waals surface area contributed by atoms with E-state index in [9.17, 15) is 132 Å². The molecule has 0 saturated carbocycles. The van der Waals surface area contributed by atoms with E-state index in [0.717, 1.165) is 0 Å². The van der Waals surface area contributed by atoms with Crippen molar-refractivity contribution < 1.29 is 132 Å². The van der Waals surface area contributed by atoms with E-state index in [1.165, 1.54) is 6.20 Å². The fraction of sp³-hybridized carbons (Fsp3) is 0. The van der Waals surface area contributed by atoms with E-state index in [4.69, 9.17) is 0 Å². The van der Waals surface area contributed by atoms with Gasteiger partial charge in [0.05, 0.1) is 0 Å². The molecular formula is C38H2B2F30N3-. The average molecular weight is 1090 g/mol. The Balaban J connectivity index is 0.000000246. The minimum Gasteiger partial charge on any atom is -0.352 e. The summed E-state index contributed by atoms with van der Waals surface area (Å²) in [4.78, 5) is 0. The minimum absolute atomic E-state index is 1.53. The Morgan fingerprint density at radius 3 is 0.425 bits per heavy atom. The summed E-state index contributed by atoms with van der Waals surface area (Å²) in [5.41, 5.74) is -16.1. The summed E-state index contributed by atoms with van der Waals surface area (Å²) in [6, 6.07) is 0. The maximum Gasteiger partial charge on any atom is 0.265 e. The van der Waals surface area contributed by atoms with Crippen LogP contribution in [-0.4, -0.2) is 28.8 Å². The lowest BCUT2D eigenvalue weighted by molar-refractivity contribution is 0.380. The van der Waals surface area contributed by atoms with Crippen molar-refractivity contribution >= 4 is 46.2 Å². The molecule has 73 heavy (non-hydrogen) atoms. The summed E-state index contributed by atoms with van der Waals surface area (Å²) >= 11 is 0. The highest BCUT2D eigenvalue weighted by molar-refractivity contribution is 6.96. The molecule has 0 radical (unpaired) electrons. The predicted molar refractivity (Wildman–Crippen MR) is 182 cm³/mol. The average Bonchev–Trinajstić information content (AvgIpc) is 3.97. The molecule has 1 heterocycles. The Kier molecular flexibility index (Phi) is 16.2. The third kappa shape index (κ3) is 9.20. The van der Waals surface area contributed by atoms with Crippen LogP contribution >= 0.6 is 0 Å². The molecule has 0 spiro atoms. The van der Waals surface area contributed by atoms with Crippen LogP contribution in [0.4, 0.5) is 132 Å². The maximum atomic E-state index is 14.4. The van der Waals surface area contributed by atoms with Gasteiger partial charge in [0.25, 0.3) is 13.4 Å². The van der Waals surface area contributed by atoms with E-state index in [1.807, 2.05) is 0 Å². The van der Waals surface area contributed by atoms with Gasteiger partial charge in [-0.25, -0.2) is 132 Å². The molecule has 1 aromatic heterocycles. The zero-order chi connectivity index (χ0) is 55.5. The largest absolute Gasteiger partial charge is 0.352 e. The van der Waals surface area contributed by atoms with Crippen molar-refractivity contribution in [3.63, 3.8) is 0 Å². The highest BCUT2D eigenvalue weighted by Gasteiger charge is 2.47. The second-order valence-corrected chi connectivity index (χ2v) is 13.4. The Morgan fingerprint density at radius 1 is 0.219 bits per heavy atom. The molecule has 386 valence electrons. The Hall–Kier alpha value is -7.51. The molecule has 3 nitrogen and oxygen atoms in total. The van der Waals surface area contributed by atoms with Crippen molar-refractivity contribution in [3.8, 4) is 0 Å². The van der Waals surface area contributed by atoms with Gasteiger partial charge in [0.15, 0.2) is 175 Å².